The smallest absolute Gasteiger partial charge is 0.236 e. The zero-order valence-corrected chi connectivity index (χ0v) is 15.8. The van der Waals surface area contributed by atoms with Crippen molar-refractivity contribution < 1.29 is 9.59 Å². The van der Waals surface area contributed by atoms with Crippen molar-refractivity contribution in [2.75, 3.05) is 59.9 Å². The minimum atomic E-state index is 0.184. The standard InChI is InChI=1S/C18H34N4O2/c1-5-17(23)21-8-6-16(7-9-21)13-22-11-10-20(12-15(22)2)14-18(24)19(3)4/h15-16H,5-14H2,1-4H3/t15-/m1/s1. The van der Waals surface area contributed by atoms with E-state index in [9.17, 15) is 9.59 Å². The van der Waals surface area contributed by atoms with Gasteiger partial charge in [-0.15, -0.1) is 0 Å². The molecule has 0 unspecified atom stereocenters. The first-order chi connectivity index (χ1) is 11.4. The average molecular weight is 338 g/mol. The number of hydrogen-bond donors (Lipinski definition) is 0. The van der Waals surface area contributed by atoms with Crippen LogP contribution in [0.25, 0.3) is 0 Å². The van der Waals surface area contributed by atoms with Crippen molar-refractivity contribution in [3.05, 3.63) is 0 Å². The molecule has 0 saturated carbocycles. The highest BCUT2D eigenvalue weighted by Crippen LogP contribution is 2.21. The summed E-state index contributed by atoms with van der Waals surface area (Å²) >= 11 is 0. The van der Waals surface area contributed by atoms with Gasteiger partial charge in [0.2, 0.25) is 11.8 Å². The van der Waals surface area contributed by atoms with Crippen LogP contribution in [-0.2, 0) is 9.59 Å². The maximum atomic E-state index is 11.9. The molecule has 0 aromatic carbocycles. The number of hydrogen-bond acceptors (Lipinski definition) is 4. The molecule has 0 radical (unpaired) electrons. The van der Waals surface area contributed by atoms with Crippen molar-refractivity contribution in [2.45, 2.75) is 39.2 Å². The molecule has 0 aromatic heterocycles. The predicted octanol–water partition coefficient (Wildman–Crippen LogP) is 0.729. The number of likely N-dealkylation sites (N-methyl/N-ethyl adjacent to an activating group) is 1. The van der Waals surface area contributed by atoms with Crippen LogP contribution in [0.5, 0.6) is 0 Å². The van der Waals surface area contributed by atoms with Crippen LogP contribution in [0.4, 0.5) is 0 Å². The van der Waals surface area contributed by atoms with Gasteiger partial charge in [0.25, 0.3) is 0 Å². The minimum absolute atomic E-state index is 0.184. The second-order valence-electron chi connectivity index (χ2n) is 7.54. The fourth-order valence-corrected chi connectivity index (χ4v) is 3.74. The van der Waals surface area contributed by atoms with E-state index >= 15 is 0 Å². The Balaban J connectivity index is 1.73. The molecule has 2 aliphatic heterocycles. The fraction of sp³-hybridized carbons (Fsp3) is 0.889. The van der Waals surface area contributed by atoms with Crippen molar-refractivity contribution in [2.24, 2.45) is 5.92 Å². The summed E-state index contributed by atoms with van der Waals surface area (Å²) in [6.07, 6.45) is 2.87. The van der Waals surface area contributed by atoms with Crippen LogP contribution in [0.15, 0.2) is 0 Å². The predicted molar refractivity (Wildman–Crippen MR) is 95.8 cm³/mol. The van der Waals surface area contributed by atoms with E-state index in [1.54, 1.807) is 4.90 Å². The van der Waals surface area contributed by atoms with Gasteiger partial charge >= 0.3 is 0 Å². The summed E-state index contributed by atoms with van der Waals surface area (Å²) in [4.78, 5) is 32.2. The molecular weight excluding hydrogens is 304 g/mol. The van der Waals surface area contributed by atoms with Gasteiger partial charge in [-0.25, -0.2) is 0 Å². The lowest BCUT2D eigenvalue weighted by Crippen LogP contribution is -2.55. The first-order valence-electron chi connectivity index (χ1n) is 9.35. The van der Waals surface area contributed by atoms with E-state index in [1.165, 1.54) is 0 Å². The Hall–Kier alpha value is -1.14. The molecule has 6 heteroatoms. The van der Waals surface area contributed by atoms with Crippen molar-refractivity contribution in [1.82, 2.24) is 19.6 Å². The Morgan fingerprint density at radius 1 is 1.08 bits per heavy atom. The Bertz CT molecular complexity index is 433. The third kappa shape index (κ3) is 5.18. The van der Waals surface area contributed by atoms with Crippen molar-refractivity contribution >= 4 is 11.8 Å². The molecule has 2 aliphatic rings. The summed E-state index contributed by atoms with van der Waals surface area (Å²) in [7, 11) is 3.63. The normalized spacial score (nSPS) is 24.2. The highest BCUT2D eigenvalue weighted by atomic mass is 16.2. The molecule has 0 N–H and O–H groups in total. The Morgan fingerprint density at radius 2 is 1.75 bits per heavy atom. The van der Waals surface area contributed by atoms with E-state index in [2.05, 4.69) is 16.7 Å². The Kier molecular flexibility index (Phi) is 7.04. The highest BCUT2D eigenvalue weighted by Gasteiger charge is 2.29. The van der Waals surface area contributed by atoms with Gasteiger partial charge in [-0.3, -0.25) is 19.4 Å². The number of nitrogens with zero attached hydrogens (tertiary/aromatic N) is 4. The van der Waals surface area contributed by atoms with E-state index < -0.39 is 0 Å². The Labute approximate surface area is 146 Å². The van der Waals surface area contributed by atoms with Crippen molar-refractivity contribution in [3.63, 3.8) is 0 Å². The zero-order valence-electron chi connectivity index (χ0n) is 15.8. The van der Waals surface area contributed by atoms with Gasteiger partial charge in [0.1, 0.15) is 0 Å². The summed E-state index contributed by atoms with van der Waals surface area (Å²) in [5.41, 5.74) is 0. The third-order valence-electron chi connectivity index (χ3n) is 5.47. The molecule has 24 heavy (non-hydrogen) atoms. The number of piperazine rings is 1. The first-order valence-corrected chi connectivity index (χ1v) is 9.35. The molecule has 0 aromatic rings. The molecule has 0 spiro atoms. The lowest BCUT2D eigenvalue weighted by Gasteiger charge is -2.42. The molecule has 2 amide bonds. The van der Waals surface area contributed by atoms with Crippen LogP contribution in [0.1, 0.15) is 33.1 Å². The largest absolute Gasteiger partial charge is 0.348 e. The summed E-state index contributed by atoms with van der Waals surface area (Å²) in [6, 6.07) is 0.490. The van der Waals surface area contributed by atoms with E-state index in [4.69, 9.17) is 0 Å². The van der Waals surface area contributed by atoms with E-state index in [0.717, 1.165) is 52.1 Å². The monoisotopic (exact) mass is 338 g/mol. The highest BCUT2D eigenvalue weighted by molar-refractivity contribution is 5.77. The number of rotatable bonds is 5. The van der Waals surface area contributed by atoms with Gasteiger partial charge < -0.3 is 9.80 Å². The van der Waals surface area contributed by atoms with Crippen LogP contribution >= 0.6 is 0 Å². The molecule has 2 fully saturated rings. The number of piperidine rings is 1. The average Bonchev–Trinajstić information content (AvgIpc) is 2.57. The molecule has 0 aliphatic carbocycles. The summed E-state index contributed by atoms with van der Waals surface area (Å²) in [5, 5.41) is 0. The lowest BCUT2D eigenvalue weighted by molar-refractivity contribution is -0.133. The second kappa shape index (κ2) is 8.81. The minimum Gasteiger partial charge on any atom is -0.348 e. The topological polar surface area (TPSA) is 47.1 Å². The van der Waals surface area contributed by atoms with Gasteiger partial charge in [0.15, 0.2) is 0 Å². The SMILES string of the molecule is CCC(=O)N1CCC(CN2CCN(CC(=O)N(C)C)C[C@H]2C)CC1. The summed E-state index contributed by atoms with van der Waals surface area (Å²) in [5.74, 6) is 1.17. The lowest BCUT2D eigenvalue weighted by atomic mass is 9.95. The number of carbonyl (C=O) groups excluding carboxylic acids is 2. The zero-order chi connectivity index (χ0) is 17.7. The van der Waals surface area contributed by atoms with E-state index in [-0.39, 0.29) is 5.91 Å². The maximum absolute atomic E-state index is 11.9. The van der Waals surface area contributed by atoms with Crippen LogP contribution in [0.3, 0.4) is 0 Å². The summed E-state index contributed by atoms with van der Waals surface area (Å²) in [6.45, 7) is 10.7. The molecule has 1 atom stereocenters. The number of likely N-dealkylation sites (tertiary alicyclic amines) is 1. The van der Waals surface area contributed by atoms with E-state index in [0.29, 0.717) is 30.8 Å². The van der Waals surface area contributed by atoms with Crippen LogP contribution in [0, 0.1) is 5.92 Å². The molecule has 2 saturated heterocycles. The molecule has 2 rings (SSSR count). The van der Waals surface area contributed by atoms with Crippen LogP contribution in [0.2, 0.25) is 0 Å². The Morgan fingerprint density at radius 3 is 2.29 bits per heavy atom. The summed E-state index contributed by atoms with van der Waals surface area (Å²) < 4.78 is 0. The van der Waals surface area contributed by atoms with E-state index in [1.807, 2.05) is 25.9 Å². The van der Waals surface area contributed by atoms with Gasteiger partial charge in [0.05, 0.1) is 6.54 Å². The molecular formula is C18H34N4O2. The number of amides is 2. The van der Waals surface area contributed by atoms with Gasteiger partial charge in [-0.2, -0.15) is 0 Å². The number of carbonyl (C=O) groups is 2. The van der Waals surface area contributed by atoms with Gasteiger partial charge in [-0.05, 0) is 25.7 Å². The first kappa shape index (κ1) is 19.2. The maximum Gasteiger partial charge on any atom is 0.236 e. The van der Waals surface area contributed by atoms with Gasteiger partial charge in [0, 0.05) is 65.8 Å². The van der Waals surface area contributed by atoms with Crippen molar-refractivity contribution in [1.29, 1.82) is 0 Å². The third-order valence-corrected chi connectivity index (χ3v) is 5.47. The van der Waals surface area contributed by atoms with Gasteiger partial charge in [-0.1, -0.05) is 6.92 Å². The molecule has 2 heterocycles. The van der Waals surface area contributed by atoms with Crippen LogP contribution < -0.4 is 0 Å². The van der Waals surface area contributed by atoms with Crippen LogP contribution in [-0.4, -0.2) is 97.4 Å². The fourth-order valence-electron chi connectivity index (χ4n) is 3.74. The molecule has 6 nitrogen and oxygen atoms in total. The second-order valence-corrected chi connectivity index (χ2v) is 7.54. The molecule has 0 bridgehead atoms. The quantitative estimate of drug-likeness (QED) is 0.741. The molecule has 138 valence electrons. The van der Waals surface area contributed by atoms with Crippen molar-refractivity contribution in [3.8, 4) is 0 Å².